The van der Waals surface area contributed by atoms with Crippen LogP contribution >= 0.6 is 24.0 Å². The van der Waals surface area contributed by atoms with E-state index in [1.165, 1.54) is 5.56 Å². The summed E-state index contributed by atoms with van der Waals surface area (Å²) in [7, 11) is 3.62. The Morgan fingerprint density at radius 3 is 2.38 bits per heavy atom. The van der Waals surface area contributed by atoms with Crippen LogP contribution in [0.5, 0.6) is 5.75 Å². The summed E-state index contributed by atoms with van der Waals surface area (Å²) in [6.07, 6.45) is -0.648. The number of hydrogen-bond acceptors (Lipinski definition) is 3. The van der Waals surface area contributed by atoms with Crippen molar-refractivity contribution in [1.82, 2.24) is 10.2 Å². The third-order valence-electron chi connectivity index (χ3n) is 3.87. The van der Waals surface area contributed by atoms with Gasteiger partial charge in [0.15, 0.2) is 5.96 Å². The van der Waals surface area contributed by atoms with Gasteiger partial charge < -0.3 is 20.1 Å². The third kappa shape index (κ3) is 6.84. The van der Waals surface area contributed by atoms with E-state index in [9.17, 15) is 5.11 Å². The molecule has 0 saturated carbocycles. The number of aliphatic hydroxyl groups excluding tert-OH is 1. The summed E-state index contributed by atoms with van der Waals surface area (Å²) in [6, 6.07) is 17.6. The number of nitrogens with one attached hydrogen (secondary N) is 1. The van der Waals surface area contributed by atoms with Crippen molar-refractivity contribution in [2.45, 2.75) is 19.6 Å². The van der Waals surface area contributed by atoms with Gasteiger partial charge in [0, 0.05) is 20.1 Å². The van der Waals surface area contributed by atoms with Crippen LogP contribution in [0.25, 0.3) is 0 Å². The number of aliphatic imine (C=N–C) groups is 1. The summed E-state index contributed by atoms with van der Waals surface area (Å²) in [5.74, 6) is 1.55. The van der Waals surface area contributed by atoms with E-state index in [2.05, 4.69) is 27.3 Å². The molecule has 0 fully saturated rings. The van der Waals surface area contributed by atoms with E-state index >= 15 is 0 Å². The molecule has 0 bridgehead atoms. The highest BCUT2D eigenvalue weighted by molar-refractivity contribution is 14.0. The van der Waals surface area contributed by atoms with Gasteiger partial charge in [0.25, 0.3) is 0 Å². The molecule has 2 aromatic carbocycles. The van der Waals surface area contributed by atoms with Gasteiger partial charge in [-0.05, 0) is 30.2 Å². The van der Waals surface area contributed by atoms with Gasteiger partial charge in [0.05, 0.1) is 19.8 Å². The summed E-state index contributed by atoms with van der Waals surface area (Å²) >= 11 is 0. The van der Waals surface area contributed by atoms with Crippen LogP contribution in [0.2, 0.25) is 0 Å². The van der Waals surface area contributed by atoms with Crippen LogP contribution < -0.4 is 10.1 Å². The van der Waals surface area contributed by atoms with Crippen LogP contribution in [0, 0.1) is 0 Å². The molecule has 142 valence electrons. The summed E-state index contributed by atoms with van der Waals surface area (Å²) in [5.41, 5.74) is 2.04. The molecule has 26 heavy (non-hydrogen) atoms. The molecule has 1 atom stereocenters. The van der Waals surface area contributed by atoms with Crippen LogP contribution in [-0.2, 0) is 6.54 Å². The largest absolute Gasteiger partial charge is 0.497 e. The molecular weight excluding hydrogens is 441 g/mol. The smallest absolute Gasteiger partial charge is 0.194 e. The summed E-state index contributed by atoms with van der Waals surface area (Å²) in [4.78, 5) is 6.63. The standard InChI is InChI=1S/C20H27N3O2.HI/c1-4-21-20(23(2)15-16-8-6-5-7-9-16)22-14-19(24)17-10-12-18(25-3)13-11-17;/h5-13,19,24H,4,14-15H2,1-3H3,(H,21,22);1H. The first-order valence-electron chi connectivity index (χ1n) is 8.49. The Kier molecular flexibility index (Phi) is 10.0. The third-order valence-corrected chi connectivity index (χ3v) is 3.87. The second-order valence-corrected chi connectivity index (χ2v) is 5.83. The minimum Gasteiger partial charge on any atom is -0.497 e. The molecule has 0 saturated heterocycles. The molecule has 0 heterocycles. The number of rotatable bonds is 7. The van der Waals surface area contributed by atoms with Crippen LogP contribution in [0.1, 0.15) is 24.2 Å². The maximum absolute atomic E-state index is 10.4. The van der Waals surface area contributed by atoms with Gasteiger partial charge in [-0.3, -0.25) is 4.99 Å². The fraction of sp³-hybridized carbons (Fsp3) is 0.350. The van der Waals surface area contributed by atoms with Gasteiger partial charge >= 0.3 is 0 Å². The minimum atomic E-state index is -0.648. The van der Waals surface area contributed by atoms with Crippen LogP contribution in [-0.4, -0.2) is 43.2 Å². The quantitative estimate of drug-likeness (QED) is 0.371. The van der Waals surface area contributed by atoms with E-state index in [0.717, 1.165) is 30.4 Å². The molecule has 0 aliphatic carbocycles. The van der Waals surface area contributed by atoms with Gasteiger partial charge in [0.2, 0.25) is 0 Å². The molecule has 0 radical (unpaired) electrons. The molecule has 2 N–H and O–H groups in total. The monoisotopic (exact) mass is 469 g/mol. The van der Waals surface area contributed by atoms with E-state index < -0.39 is 6.10 Å². The van der Waals surface area contributed by atoms with Crippen molar-refractivity contribution in [3.05, 3.63) is 65.7 Å². The van der Waals surface area contributed by atoms with Gasteiger partial charge in [0.1, 0.15) is 5.75 Å². The van der Waals surface area contributed by atoms with E-state index in [0.29, 0.717) is 6.54 Å². The second kappa shape index (κ2) is 11.7. The van der Waals surface area contributed by atoms with Gasteiger partial charge in [-0.2, -0.15) is 0 Å². The van der Waals surface area contributed by atoms with Crippen molar-refractivity contribution in [3.8, 4) is 5.75 Å². The number of methoxy groups -OCH3 is 1. The summed E-state index contributed by atoms with van der Waals surface area (Å²) < 4.78 is 5.14. The zero-order valence-corrected chi connectivity index (χ0v) is 17.9. The highest BCUT2D eigenvalue weighted by Crippen LogP contribution is 2.17. The zero-order valence-electron chi connectivity index (χ0n) is 15.6. The van der Waals surface area contributed by atoms with Crippen molar-refractivity contribution < 1.29 is 9.84 Å². The Morgan fingerprint density at radius 2 is 1.81 bits per heavy atom. The van der Waals surface area contributed by atoms with Crippen LogP contribution in [0.15, 0.2) is 59.6 Å². The Morgan fingerprint density at radius 1 is 1.15 bits per heavy atom. The van der Waals surface area contributed by atoms with Crippen molar-refractivity contribution >= 4 is 29.9 Å². The Hall–Kier alpha value is -1.80. The number of hydrogen-bond donors (Lipinski definition) is 2. The molecule has 1 unspecified atom stereocenters. The summed E-state index contributed by atoms with van der Waals surface area (Å²) in [5, 5.41) is 13.7. The number of halogens is 1. The Bertz CT molecular complexity index is 663. The lowest BCUT2D eigenvalue weighted by Gasteiger charge is -2.22. The molecule has 6 heteroatoms. The lowest BCUT2D eigenvalue weighted by atomic mass is 10.1. The fourth-order valence-electron chi connectivity index (χ4n) is 2.51. The molecule has 2 aromatic rings. The predicted octanol–water partition coefficient (Wildman–Crippen LogP) is 3.44. The fourth-order valence-corrected chi connectivity index (χ4v) is 2.51. The number of guanidine groups is 1. The molecule has 0 amide bonds. The van der Waals surface area contributed by atoms with E-state index in [-0.39, 0.29) is 24.0 Å². The zero-order chi connectivity index (χ0) is 18.1. The molecule has 0 aliphatic heterocycles. The van der Waals surface area contributed by atoms with E-state index in [1.54, 1.807) is 7.11 Å². The first-order chi connectivity index (χ1) is 12.1. The van der Waals surface area contributed by atoms with Crippen molar-refractivity contribution in [2.24, 2.45) is 4.99 Å². The highest BCUT2D eigenvalue weighted by Gasteiger charge is 2.10. The van der Waals surface area contributed by atoms with E-state index in [4.69, 9.17) is 4.74 Å². The molecule has 2 rings (SSSR count). The highest BCUT2D eigenvalue weighted by atomic mass is 127. The van der Waals surface area contributed by atoms with Crippen molar-refractivity contribution in [1.29, 1.82) is 0 Å². The van der Waals surface area contributed by atoms with E-state index in [1.807, 2.05) is 56.4 Å². The van der Waals surface area contributed by atoms with Crippen LogP contribution in [0.4, 0.5) is 0 Å². The van der Waals surface area contributed by atoms with Gasteiger partial charge in [-0.1, -0.05) is 42.5 Å². The van der Waals surface area contributed by atoms with Crippen molar-refractivity contribution in [2.75, 3.05) is 27.2 Å². The molecule has 0 spiro atoms. The molecular formula is C20H28IN3O2. The number of ether oxygens (including phenoxy) is 1. The molecule has 5 nitrogen and oxygen atoms in total. The van der Waals surface area contributed by atoms with Gasteiger partial charge in [-0.25, -0.2) is 0 Å². The van der Waals surface area contributed by atoms with Crippen molar-refractivity contribution in [3.63, 3.8) is 0 Å². The normalized spacial score (nSPS) is 12.1. The lowest BCUT2D eigenvalue weighted by Crippen LogP contribution is -2.38. The SMILES string of the molecule is CCNC(=NCC(O)c1ccc(OC)cc1)N(C)Cc1ccccc1.I. The summed E-state index contributed by atoms with van der Waals surface area (Å²) in [6.45, 7) is 3.86. The van der Waals surface area contributed by atoms with Gasteiger partial charge in [-0.15, -0.1) is 24.0 Å². The molecule has 0 aromatic heterocycles. The molecule has 0 aliphatic rings. The Labute approximate surface area is 173 Å². The maximum Gasteiger partial charge on any atom is 0.194 e. The van der Waals surface area contributed by atoms with Crippen LogP contribution in [0.3, 0.4) is 0 Å². The maximum atomic E-state index is 10.4. The topological polar surface area (TPSA) is 57.1 Å². The average molecular weight is 469 g/mol. The number of benzene rings is 2. The first-order valence-corrected chi connectivity index (χ1v) is 8.49. The minimum absolute atomic E-state index is 0. The predicted molar refractivity (Wildman–Crippen MR) is 117 cm³/mol. The average Bonchev–Trinajstić information content (AvgIpc) is 2.65. The first kappa shape index (κ1) is 22.2. The Balaban J connectivity index is 0.00000338. The number of nitrogens with zero attached hydrogens (tertiary/aromatic N) is 2. The lowest BCUT2D eigenvalue weighted by molar-refractivity contribution is 0.186. The second-order valence-electron chi connectivity index (χ2n) is 5.83. The number of aliphatic hydroxyl groups is 1.